The highest BCUT2D eigenvalue weighted by molar-refractivity contribution is 5.54. The molecule has 2 N–H and O–H groups in total. The Kier molecular flexibility index (Phi) is 4.29. The molecular weight excluding hydrogens is 332 g/mol. The summed E-state index contributed by atoms with van der Waals surface area (Å²) in [4.78, 5) is 8.70. The third-order valence-electron chi connectivity index (χ3n) is 3.75. The van der Waals surface area contributed by atoms with Gasteiger partial charge in [-0.1, -0.05) is 60.7 Å². The van der Waals surface area contributed by atoms with Crippen LogP contribution in [0.15, 0.2) is 60.7 Å². The minimum Gasteiger partial charge on any atom is -0.466 e. The van der Waals surface area contributed by atoms with Gasteiger partial charge < -0.3 is 9.47 Å². The van der Waals surface area contributed by atoms with Crippen LogP contribution in [-0.4, -0.2) is 37.5 Å². The molecule has 0 radical (unpaired) electrons. The Bertz CT molecular complexity index is 968. The molecule has 0 saturated heterocycles. The van der Waals surface area contributed by atoms with Gasteiger partial charge >= 0.3 is 12.0 Å². The SMILES string of the molecule is COc1n[nH]c(C(Oc2n[nH]c(-c3ccccc3)n2)c2ccccc2)n1. The van der Waals surface area contributed by atoms with E-state index in [2.05, 4.69) is 30.4 Å². The molecule has 0 aliphatic carbocycles. The van der Waals surface area contributed by atoms with E-state index in [0.717, 1.165) is 11.1 Å². The Morgan fingerprint density at radius 1 is 0.808 bits per heavy atom. The van der Waals surface area contributed by atoms with Crippen molar-refractivity contribution in [3.05, 3.63) is 72.1 Å². The number of H-pyrrole nitrogens is 2. The number of benzene rings is 2. The fourth-order valence-corrected chi connectivity index (χ4v) is 2.51. The van der Waals surface area contributed by atoms with Crippen LogP contribution in [0.3, 0.4) is 0 Å². The second-order valence-corrected chi connectivity index (χ2v) is 5.45. The molecular formula is C18H16N6O2. The Labute approximate surface area is 149 Å². The molecule has 0 spiro atoms. The molecule has 2 aromatic carbocycles. The van der Waals surface area contributed by atoms with Crippen molar-refractivity contribution in [1.82, 2.24) is 30.4 Å². The van der Waals surface area contributed by atoms with Crippen molar-refractivity contribution in [3.63, 3.8) is 0 Å². The number of methoxy groups -OCH3 is 1. The van der Waals surface area contributed by atoms with Crippen molar-refractivity contribution in [2.75, 3.05) is 7.11 Å². The Morgan fingerprint density at radius 2 is 1.50 bits per heavy atom. The fourth-order valence-electron chi connectivity index (χ4n) is 2.51. The number of ether oxygens (including phenoxy) is 2. The maximum absolute atomic E-state index is 6.00. The summed E-state index contributed by atoms with van der Waals surface area (Å²) in [5, 5.41) is 13.9. The van der Waals surface area contributed by atoms with Gasteiger partial charge in [0.1, 0.15) is 0 Å². The van der Waals surface area contributed by atoms with E-state index in [1.165, 1.54) is 7.11 Å². The number of hydrogen-bond donors (Lipinski definition) is 2. The first-order valence-corrected chi connectivity index (χ1v) is 7.99. The van der Waals surface area contributed by atoms with Crippen molar-refractivity contribution in [2.24, 2.45) is 0 Å². The predicted molar refractivity (Wildman–Crippen MR) is 93.7 cm³/mol. The molecule has 0 aliphatic rings. The molecule has 2 aromatic heterocycles. The van der Waals surface area contributed by atoms with Crippen LogP contribution in [-0.2, 0) is 0 Å². The van der Waals surface area contributed by atoms with E-state index in [0.29, 0.717) is 11.6 Å². The van der Waals surface area contributed by atoms with Crippen molar-refractivity contribution in [2.45, 2.75) is 6.10 Å². The molecule has 0 aliphatic heterocycles. The summed E-state index contributed by atoms with van der Waals surface area (Å²) in [5.74, 6) is 1.13. The lowest BCUT2D eigenvalue weighted by molar-refractivity contribution is 0.218. The average Bonchev–Trinajstić information content (AvgIpc) is 3.37. The molecule has 8 heteroatoms. The van der Waals surface area contributed by atoms with E-state index < -0.39 is 6.10 Å². The summed E-state index contributed by atoms with van der Waals surface area (Å²) in [6, 6.07) is 19.8. The molecule has 1 unspecified atom stereocenters. The summed E-state index contributed by atoms with van der Waals surface area (Å²) >= 11 is 0. The standard InChI is InChI=1S/C18H16N6O2/c1-25-17-20-16(22-23-17)14(12-8-4-2-5-9-12)26-18-19-15(21-24-18)13-10-6-3-7-11-13/h2-11,14H,1H3,(H,19,21,24)(H,20,22,23). The second-order valence-electron chi connectivity index (χ2n) is 5.45. The molecule has 1 atom stereocenters. The van der Waals surface area contributed by atoms with Gasteiger partial charge in [-0.3, -0.25) is 10.2 Å². The van der Waals surface area contributed by atoms with Crippen molar-refractivity contribution >= 4 is 0 Å². The number of nitrogens with zero attached hydrogens (tertiary/aromatic N) is 4. The summed E-state index contributed by atoms with van der Waals surface area (Å²) < 4.78 is 11.1. The highest BCUT2D eigenvalue weighted by Crippen LogP contribution is 2.26. The summed E-state index contributed by atoms with van der Waals surface area (Å²) in [6.07, 6.45) is -0.549. The minimum absolute atomic E-state index is 0.216. The zero-order valence-corrected chi connectivity index (χ0v) is 14.0. The number of aromatic nitrogens is 6. The van der Waals surface area contributed by atoms with Gasteiger partial charge in [0.15, 0.2) is 17.8 Å². The first kappa shape index (κ1) is 15.8. The van der Waals surface area contributed by atoms with E-state index in [4.69, 9.17) is 9.47 Å². The third-order valence-corrected chi connectivity index (χ3v) is 3.75. The van der Waals surface area contributed by atoms with Crippen LogP contribution in [0.1, 0.15) is 17.5 Å². The highest BCUT2D eigenvalue weighted by atomic mass is 16.5. The first-order chi connectivity index (χ1) is 12.8. The summed E-state index contributed by atoms with van der Waals surface area (Å²) in [5.41, 5.74) is 1.81. The molecule has 130 valence electrons. The maximum atomic E-state index is 6.00. The van der Waals surface area contributed by atoms with Gasteiger partial charge in [-0.2, -0.15) is 9.97 Å². The molecule has 0 bridgehead atoms. The number of nitrogens with one attached hydrogen (secondary N) is 2. The van der Waals surface area contributed by atoms with Gasteiger partial charge in [0.25, 0.3) is 0 Å². The monoisotopic (exact) mass is 348 g/mol. The average molecular weight is 348 g/mol. The van der Waals surface area contributed by atoms with Gasteiger partial charge in [-0.25, -0.2) is 0 Å². The Morgan fingerprint density at radius 3 is 2.19 bits per heavy atom. The minimum atomic E-state index is -0.549. The summed E-state index contributed by atoms with van der Waals surface area (Å²) in [7, 11) is 1.51. The van der Waals surface area contributed by atoms with Crippen molar-refractivity contribution in [1.29, 1.82) is 0 Å². The topological polar surface area (TPSA) is 102 Å². The fraction of sp³-hybridized carbons (Fsp3) is 0.111. The Hall–Kier alpha value is -3.68. The lowest BCUT2D eigenvalue weighted by atomic mass is 10.1. The van der Waals surface area contributed by atoms with Crippen molar-refractivity contribution in [3.8, 4) is 23.4 Å². The van der Waals surface area contributed by atoms with Crippen LogP contribution < -0.4 is 9.47 Å². The van der Waals surface area contributed by atoms with Crippen LogP contribution in [0.2, 0.25) is 0 Å². The molecule has 2 heterocycles. The predicted octanol–water partition coefficient (Wildman–Crippen LogP) is 2.77. The maximum Gasteiger partial charge on any atom is 0.336 e. The van der Waals surface area contributed by atoms with Crippen LogP contribution in [0.5, 0.6) is 12.0 Å². The van der Waals surface area contributed by atoms with Crippen LogP contribution >= 0.6 is 0 Å². The van der Waals surface area contributed by atoms with Crippen LogP contribution in [0.4, 0.5) is 0 Å². The van der Waals surface area contributed by atoms with E-state index in [-0.39, 0.29) is 12.0 Å². The first-order valence-electron chi connectivity index (χ1n) is 7.99. The van der Waals surface area contributed by atoms with Crippen LogP contribution in [0, 0.1) is 0 Å². The lowest BCUT2D eigenvalue weighted by Crippen LogP contribution is -2.12. The van der Waals surface area contributed by atoms with E-state index >= 15 is 0 Å². The number of hydrogen-bond acceptors (Lipinski definition) is 6. The van der Waals surface area contributed by atoms with E-state index in [1.54, 1.807) is 0 Å². The number of aromatic amines is 2. The van der Waals surface area contributed by atoms with Gasteiger partial charge in [-0.05, 0) is 0 Å². The summed E-state index contributed by atoms with van der Waals surface area (Å²) in [6.45, 7) is 0. The van der Waals surface area contributed by atoms with E-state index in [1.807, 2.05) is 60.7 Å². The van der Waals surface area contributed by atoms with E-state index in [9.17, 15) is 0 Å². The largest absolute Gasteiger partial charge is 0.466 e. The number of rotatable bonds is 6. The van der Waals surface area contributed by atoms with Crippen molar-refractivity contribution < 1.29 is 9.47 Å². The van der Waals surface area contributed by atoms with Gasteiger partial charge in [0, 0.05) is 11.1 Å². The molecule has 0 saturated carbocycles. The van der Waals surface area contributed by atoms with Gasteiger partial charge in [-0.15, -0.1) is 10.2 Å². The molecule has 4 aromatic rings. The highest BCUT2D eigenvalue weighted by Gasteiger charge is 2.23. The normalized spacial score (nSPS) is 11.9. The van der Waals surface area contributed by atoms with Gasteiger partial charge in [0.2, 0.25) is 0 Å². The third kappa shape index (κ3) is 3.25. The second kappa shape index (κ2) is 7.06. The quantitative estimate of drug-likeness (QED) is 0.555. The molecule has 0 fully saturated rings. The zero-order valence-electron chi connectivity index (χ0n) is 14.0. The van der Waals surface area contributed by atoms with Crippen LogP contribution in [0.25, 0.3) is 11.4 Å². The molecule has 4 rings (SSSR count). The van der Waals surface area contributed by atoms with Gasteiger partial charge in [0.05, 0.1) is 7.11 Å². The molecule has 0 amide bonds. The smallest absolute Gasteiger partial charge is 0.336 e. The Balaban J connectivity index is 1.64. The molecule has 8 nitrogen and oxygen atoms in total. The lowest BCUT2D eigenvalue weighted by Gasteiger charge is -2.14. The zero-order chi connectivity index (χ0) is 17.8. The molecule has 26 heavy (non-hydrogen) atoms.